The molecule has 14 heavy (non-hydrogen) atoms. The molecule has 1 radical (unpaired) electrons. The van der Waals surface area contributed by atoms with Crippen LogP contribution in [0.5, 0.6) is 0 Å². The van der Waals surface area contributed by atoms with Crippen molar-refractivity contribution in [3.8, 4) is 11.3 Å². The number of hydrogen-bond acceptors (Lipinski definition) is 1. The van der Waals surface area contributed by atoms with Gasteiger partial charge in [-0.05, 0) is 24.3 Å². The first-order valence-corrected chi connectivity index (χ1v) is 4.81. The summed E-state index contributed by atoms with van der Waals surface area (Å²) in [5.74, 6) is 0. The smallest absolute Gasteiger partial charge is 0.0796 e. The van der Waals surface area contributed by atoms with Gasteiger partial charge in [0.2, 0.25) is 0 Å². The lowest BCUT2D eigenvalue weighted by atomic mass is 10.1. The van der Waals surface area contributed by atoms with Gasteiger partial charge in [-0.15, -0.1) is 0 Å². The van der Waals surface area contributed by atoms with Crippen molar-refractivity contribution in [2.24, 2.45) is 0 Å². The van der Waals surface area contributed by atoms with Crippen molar-refractivity contribution in [2.45, 2.75) is 0 Å². The number of rotatable bonds is 1. The number of hydrogen-bond donors (Lipinski definition) is 0. The Bertz CT molecular complexity index is 440. The largest absolute Gasteiger partial charge is 0.256 e. The molecule has 3 heteroatoms. The Morgan fingerprint density at radius 1 is 1.21 bits per heavy atom. The highest BCUT2D eigenvalue weighted by molar-refractivity contribution is 6.36. The van der Waals surface area contributed by atoms with Crippen LogP contribution in [0.3, 0.4) is 0 Å². The monoisotopic (exact) mass is 222 g/mol. The minimum atomic E-state index is 0.590. The fourth-order valence-electron chi connectivity index (χ4n) is 1.15. The van der Waals surface area contributed by atoms with E-state index < -0.39 is 0 Å². The van der Waals surface area contributed by atoms with Crippen molar-refractivity contribution in [1.82, 2.24) is 4.98 Å². The second-order valence-electron chi connectivity index (χ2n) is 2.75. The summed E-state index contributed by atoms with van der Waals surface area (Å²) in [4.78, 5) is 4.16. The number of aromatic nitrogens is 1. The predicted octanol–water partition coefficient (Wildman–Crippen LogP) is 3.86. The molecule has 69 valence electrons. The van der Waals surface area contributed by atoms with Gasteiger partial charge in [0.15, 0.2) is 0 Å². The van der Waals surface area contributed by atoms with E-state index in [0.29, 0.717) is 10.0 Å². The third kappa shape index (κ3) is 1.89. The van der Waals surface area contributed by atoms with Crippen LogP contribution >= 0.6 is 23.2 Å². The van der Waals surface area contributed by atoms with E-state index in [9.17, 15) is 0 Å². The van der Waals surface area contributed by atoms with Crippen LogP contribution in [-0.4, -0.2) is 4.98 Å². The number of nitrogens with zero attached hydrogens (tertiary/aromatic N) is 1. The molecule has 0 N–H and O–H groups in total. The van der Waals surface area contributed by atoms with E-state index in [-0.39, 0.29) is 0 Å². The molecule has 0 atom stereocenters. The molecule has 2 aromatic rings. The maximum Gasteiger partial charge on any atom is 0.0796 e. The van der Waals surface area contributed by atoms with E-state index in [1.54, 1.807) is 24.4 Å². The van der Waals surface area contributed by atoms with E-state index in [1.165, 1.54) is 0 Å². The Morgan fingerprint density at radius 3 is 2.71 bits per heavy atom. The zero-order valence-electron chi connectivity index (χ0n) is 7.17. The molecule has 0 unspecified atom stereocenters. The van der Waals surface area contributed by atoms with Crippen LogP contribution < -0.4 is 0 Å². The van der Waals surface area contributed by atoms with Crippen molar-refractivity contribution < 1.29 is 0 Å². The van der Waals surface area contributed by atoms with Gasteiger partial charge < -0.3 is 0 Å². The molecule has 0 bridgehead atoms. The van der Waals surface area contributed by atoms with Crippen LogP contribution in [0.1, 0.15) is 0 Å². The fourth-order valence-corrected chi connectivity index (χ4v) is 1.65. The summed E-state index contributed by atoms with van der Waals surface area (Å²) >= 11 is 11.8. The van der Waals surface area contributed by atoms with Crippen LogP contribution in [0.4, 0.5) is 0 Å². The molecule has 0 aliphatic rings. The summed E-state index contributed by atoms with van der Waals surface area (Å²) in [5, 5.41) is 1.21. The predicted molar refractivity (Wildman–Crippen MR) is 58.5 cm³/mol. The third-order valence-electron chi connectivity index (χ3n) is 1.79. The molecule has 1 heterocycles. The fraction of sp³-hybridized carbons (Fsp3) is 0. The zero-order valence-corrected chi connectivity index (χ0v) is 8.68. The molecule has 1 nitrogen and oxygen atoms in total. The highest BCUT2D eigenvalue weighted by Crippen LogP contribution is 2.28. The topological polar surface area (TPSA) is 12.9 Å². The Kier molecular flexibility index (Phi) is 2.71. The second-order valence-corrected chi connectivity index (χ2v) is 3.60. The summed E-state index contributed by atoms with van der Waals surface area (Å²) in [6.45, 7) is 0. The van der Waals surface area contributed by atoms with E-state index in [4.69, 9.17) is 23.2 Å². The summed E-state index contributed by atoms with van der Waals surface area (Å²) in [7, 11) is 0. The minimum absolute atomic E-state index is 0.590. The quantitative estimate of drug-likeness (QED) is 0.715. The molecule has 0 aliphatic carbocycles. The van der Waals surface area contributed by atoms with Crippen LogP contribution in [0.15, 0.2) is 36.5 Å². The van der Waals surface area contributed by atoms with Gasteiger partial charge in [-0.25, -0.2) is 0 Å². The van der Waals surface area contributed by atoms with E-state index in [1.807, 2.05) is 12.1 Å². The maximum atomic E-state index is 6.02. The Balaban J connectivity index is 2.53. The molecule has 0 amide bonds. The zero-order chi connectivity index (χ0) is 9.97. The average molecular weight is 223 g/mol. The van der Waals surface area contributed by atoms with Crippen molar-refractivity contribution in [3.05, 3.63) is 52.6 Å². The SMILES string of the molecule is Clc1ccc(-c2[c]cccn2)c(Cl)c1. The Hall–Kier alpha value is -1.05. The first-order valence-electron chi connectivity index (χ1n) is 4.05. The molecule has 0 aliphatic heterocycles. The van der Waals surface area contributed by atoms with Gasteiger partial charge in [-0.2, -0.15) is 0 Å². The van der Waals surface area contributed by atoms with Crippen LogP contribution in [0, 0.1) is 6.07 Å². The molecule has 0 saturated heterocycles. The van der Waals surface area contributed by atoms with Crippen molar-refractivity contribution >= 4 is 23.2 Å². The van der Waals surface area contributed by atoms with Gasteiger partial charge in [-0.1, -0.05) is 29.3 Å². The molecule has 0 fully saturated rings. The van der Waals surface area contributed by atoms with Crippen molar-refractivity contribution in [3.63, 3.8) is 0 Å². The van der Waals surface area contributed by atoms with Gasteiger partial charge in [0.1, 0.15) is 0 Å². The van der Waals surface area contributed by atoms with Gasteiger partial charge in [0.05, 0.1) is 10.7 Å². The molecule has 1 aromatic heterocycles. The first-order chi connectivity index (χ1) is 6.77. The molecule has 0 spiro atoms. The summed E-state index contributed by atoms with van der Waals surface area (Å²) in [6.07, 6.45) is 1.71. The highest BCUT2D eigenvalue weighted by Gasteiger charge is 2.04. The summed E-state index contributed by atoms with van der Waals surface area (Å²) < 4.78 is 0. The maximum absolute atomic E-state index is 6.02. The van der Waals surface area contributed by atoms with Gasteiger partial charge >= 0.3 is 0 Å². The lowest BCUT2D eigenvalue weighted by Gasteiger charge is -2.02. The highest BCUT2D eigenvalue weighted by atomic mass is 35.5. The summed E-state index contributed by atoms with van der Waals surface area (Å²) in [5.41, 5.74) is 1.57. The number of pyridine rings is 1. The number of benzene rings is 1. The molecule has 0 saturated carbocycles. The summed E-state index contributed by atoms with van der Waals surface area (Å²) in [6, 6.07) is 11.9. The standard InChI is InChI=1S/C11H6Cl2N/c12-8-4-5-9(10(13)7-8)11-3-1-2-6-14-11/h1-2,4-7H. The molecule has 2 rings (SSSR count). The minimum Gasteiger partial charge on any atom is -0.256 e. The van der Waals surface area contributed by atoms with Crippen LogP contribution in [-0.2, 0) is 0 Å². The van der Waals surface area contributed by atoms with Crippen molar-refractivity contribution in [1.29, 1.82) is 0 Å². The first kappa shape index (κ1) is 9.50. The van der Waals surface area contributed by atoms with Crippen molar-refractivity contribution in [2.75, 3.05) is 0 Å². The molecular formula is C11H6Cl2N. The lowest BCUT2D eigenvalue weighted by molar-refractivity contribution is 1.32. The van der Waals surface area contributed by atoms with E-state index in [0.717, 1.165) is 11.3 Å². The number of halogens is 2. The van der Waals surface area contributed by atoms with E-state index in [2.05, 4.69) is 11.1 Å². The van der Waals surface area contributed by atoms with Crippen LogP contribution in [0.25, 0.3) is 11.3 Å². The van der Waals surface area contributed by atoms with Gasteiger partial charge in [0, 0.05) is 22.8 Å². The Labute approximate surface area is 92.3 Å². The normalized spacial score (nSPS) is 10.1. The second kappa shape index (κ2) is 3.99. The van der Waals surface area contributed by atoms with E-state index >= 15 is 0 Å². The average Bonchev–Trinajstić information content (AvgIpc) is 2.19. The molecule has 1 aromatic carbocycles. The molecular weight excluding hydrogens is 217 g/mol. The van der Waals surface area contributed by atoms with Gasteiger partial charge in [0.25, 0.3) is 0 Å². The van der Waals surface area contributed by atoms with Gasteiger partial charge in [-0.3, -0.25) is 4.98 Å². The Morgan fingerprint density at radius 2 is 2.07 bits per heavy atom. The lowest BCUT2D eigenvalue weighted by Crippen LogP contribution is -1.83. The van der Waals surface area contributed by atoms with Crippen LogP contribution in [0.2, 0.25) is 10.0 Å². The third-order valence-corrected chi connectivity index (χ3v) is 2.34.